The van der Waals surface area contributed by atoms with Crippen LogP contribution in [0.25, 0.3) is 0 Å². The van der Waals surface area contributed by atoms with E-state index in [9.17, 15) is 14.9 Å². The van der Waals surface area contributed by atoms with Crippen LogP contribution in [0.3, 0.4) is 0 Å². The van der Waals surface area contributed by atoms with Crippen LogP contribution >= 0.6 is 0 Å². The number of H-pyrrole nitrogens is 1. The molecular weight excluding hydrogens is 226 g/mol. The van der Waals surface area contributed by atoms with Crippen LogP contribution in [0.1, 0.15) is 10.5 Å². The molecule has 0 spiro atoms. The standard InChI is InChI=1S/C10H7N3O4/c14-10(7-5-6-11-12-7)17-9-4-2-1-3-8(9)13(15)16/h1-6H,(H,11,12). The van der Waals surface area contributed by atoms with Crippen LogP contribution in [-0.4, -0.2) is 21.1 Å². The molecule has 0 fully saturated rings. The molecule has 7 nitrogen and oxygen atoms in total. The molecule has 17 heavy (non-hydrogen) atoms. The number of hydrogen-bond donors (Lipinski definition) is 1. The highest BCUT2D eigenvalue weighted by molar-refractivity contribution is 5.89. The summed E-state index contributed by atoms with van der Waals surface area (Å²) in [6, 6.07) is 7.06. The van der Waals surface area contributed by atoms with E-state index >= 15 is 0 Å². The second-order valence-corrected chi connectivity index (χ2v) is 3.08. The zero-order chi connectivity index (χ0) is 12.3. The summed E-state index contributed by atoms with van der Waals surface area (Å²) >= 11 is 0. The van der Waals surface area contributed by atoms with Crippen molar-refractivity contribution in [3.05, 3.63) is 52.3 Å². The van der Waals surface area contributed by atoms with Gasteiger partial charge in [0.05, 0.1) is 4.92 Å². The molecule has 1 aromatic carbocycles. The van der Waals surface area contributed by atoms with Crippen molar-refractivity contribution in [2.45, 2.75) is 0 Å². The van der Waals surface area contributed by atoms with Gasteiger partial charge in [0.2, 0.25) is 5.75 Å². The smallest absolute Gasteiger partial charge is 0.361 e. The monoisotopic (exact) mass is 233 g/mol. The Hall–Kier alpha value is -2.70. The third kappa shape index (κ3) is 2.28. The normalized spacial score (nSPS) is 9.88. The number of nitro groups is 1. The summed E-state index contributed by atoms with van der Waals surface area (Å²) in [5.41, 5.74) is -0.136. The van der Waals surface area contributed by atoms with Crippen molar-refractivity contribution in [3.8, 4) is 5.75 Å². The van der Waals surface area contributed by atoms with Crippen LogP contribution in [0.4, 0.5) is 5.69 Å². The van der Waals surface area contributed by atoms with Crippen molar-refractivity contribution in [1.82, 2.24) is 10.2 Å². The van der Waals surface area contributed by atoms with E-state index < -0.39 is 10.9 Å². The van der Waals surface area contributed by atoms with E-state index in [-0.39, 0.29) is 17.1 Å². The van der Waals surface area contributed by atoms with Crippen molar-refractivity contribution in [1.29, 1.82) is 0 Å². The van der Waals surface area contributed by atoms with Crippen LogP contribution in [0.15, 0.2) is 36.5 Å². The summed E-state index contributed by atoms with van der Waals surface area (Å²) in [6.07, 6.45) is 1.38. The van der Waals surface area contributed by atoms with Crippen molar-refractivity contribution in [3.63, 3.8) is 0 Å². The quantitative estimate of drug-likeness (QED) is 0.375. The molecule has 2 aromatic rings. The number of esters is 1. The number of nitrogens with one attached hydrogen (secondary N) is 1. The van der Waals surface area contributed by atoms with Gasteiger partial charge in [-0.25, -0.2) is 4.79 Å². The Morgan fingerprint density at radius 2 is 2.12 bits per heavy atom. The Morgan fingerprint density at radius 3 is 2.76 bits per heavy atom. The predicted molar refractivity (Wildman–Crippen MR) is 56.6 cm³/mol. The molecule has 1 N–H and O–H groups in total. The highest BCUT2D eigenvalue weighted by atomic mass is 16.6. The lowest BCUT2D eigenvalue weighted by atomic mass is 10.3. The topological polar surface area (TPSA) is 98.1 Å². The molecule has 0 aliphatic rings. The molecule has 1 aromatic heterocycles. The minimum atomic E-state index is -0.725. The van der Waals surface area contributed by atoms with E-state index in [1.807, 2.05) is 0 Å². The maximum atomic E-state index is 11.5. The highest BCUT2D eigenvalue weighted by Crippen LogP contribution is 2.26. The molecule has 0 unspecified atom stereocenters. The maximum absolute atomic E-state index is 11.5. The van der Waals surface area contributed by atoms with E-state index in [0.717, 1.165) is 0 Å². The first-order valence-electron chi connectivity index (χ1n) is 4.63. The summed E-state index contributed by atoms with van der Waals surface area (Å²) in [4.78, 5) is 21.6. The lowest BCUT2D eigenvalue weighted by molar-refractivity contribution is -0.385. The van der Waals surface area contributed by atoms with E-state index in [0.29, 0.717) is 0 Å². The zero-order valence-electron chi connectivity index (χ0n) is 8.49. The van der Waals surface area contributed by atoms with Crippen molar-refractivity contribution in [2.24, 2.45) is 0 Å². The third-order valence-corrected chi connectivity index (χ3v) is 1.99. The van der Waals surface area contributed by atoms with Crippen molar-refractivity contribution in [2.75, 3.05) is 0 Å². The molecule has 0 aliphatic carbocycles. The number of rotatable bonds is 3. The van der Waals surface area contributed by atoms with Gasteiger partial charge < -0.3 is 4.74 Å². The number of nitrogens with zero attached hydrogens (tertiary/aromatic N) is 2. The molecule has 0 saturated heterocycles. The van der Waals surface area contributed by atoms with Crippen LogP contribution < -0.4 is 4.74 Å². The zero-order valence-corrected chi connectivity index (χ0v) is 8.49. The van der Waals surface area contributed by atoms with E-state index in [1.54, 1.807) is 6.07 Å². The molecule has 1 heterocycles. The fraction of sp³-hybridized carbons (Fsp3) is 0. The molecule has 2 rings (SSSR count). The van der Waals surface area contributed by atoms with Gasteiger partial charge in [-0.1, -0.05) is 12.1 Å². The van der Waals surface area contributed by atoms with E-state index in [1.165, 1.54) is 30.5 Å². The minimum Gasteiger partial charge on any atom is -0.414 e. The first-order valence-corrected chi connectivity index (χ1v) is 4.63. The summed E-state index contributed by atoms with van der Waals surface area (Å²) in [6.45, 7) is 0. The summed E-state index contributed by atoms with van der Waals surface area (Å²) in [5.74, 6) is -0.825. The molecule has 86 valence electrons. The first-order chi connectivity index (χ1) is 8.18. The van der Waals surface area contributed by atoms with Crippen LogP contribution in [0, 0.1) is 10.1 Å². The van der Waals surface area contributed by atoms with Gasteiger partial charge in [-0.15, -0.1) is 0 Å². The second kappa shape index (κ2) is 4.44. The maximum Gasteiger partial charge on any atom is 0.361 e. The largest absolute Gasteiger partial charge is 0.414 e. The number of hydrogen-bond acceptors (Lipinski definition) is 5. The van der Waals surface area contributed by atoms with E-state index in [4.69, 9.17) is 4.74 Å². The third-order valence-electron chi connectivity index (χ3n) is 1.99. The summed E-state index contributed by atoms with van der Waals surface area (Å²) < 4.78 is 4.90. The van der Waals surface area contributed by atoms with E-state index in [2.05, 4.69) is 10.2 Å². The fourth-order valence-corrected chi connectivity index (χ4v) is 1.22. The van der Waals surface area contributed by atoms with Gasteiger partial charge in [-0.2, -0.15) is 5.10 Å². The number of aromatic amines is 1. The second-order valence-electron chi connectivity index (χ2n) is 3.08. The van der Waals surface area contributed by atoms with Crippen LogP contribution in [-0.2, 0) is 0 Å². The molecule has 0 radical (unpaired) electrons. The highest BCUT2D eigenvalue weighted by Gasteiger charge is 2.18. The Bertz CT molecular complexity index is 550. The average Bonchev–Trinajstić information content (AvgIpc) is 2.83. The molecule has 0 atom stereocenters. The summed E-state index contributed by atoms with van der Waals surface area (Å²) in [5, 5.41) is 16.7. The first kappa shape index (κ1) is 10.8. The Kier molecular flexibility index (Phi) is 2.82. The number of para-hydroxylation sites is 2. The predicted octanol–water partition coefficient (Wildman–Crippen LogP) is 1.54. The Balaban J connectivity index is 2.25. The average molecular weight is 233 g/mol. The number of carbonyl (C=O) groups is 1. The molecule has 0 bridgehead atoms. The SMILES string of the molecule is O=C(Oc1ccccc1[N+](=O)[O-])c1ccn[nH]1. The molecule has 0 amide bonds. The van der Waals surface area contributed by atoms with Gasteiger partial charge in [0, 0.05) is 12.3 Å². The van der Waals surface area contributed by atoms with Gasteiger partial charge in [0.1, 0.15) is 5.69 Å². The molecule has 0 saturated carbocycles. The van der Waals surface area contributed by atoms with Gasteiger partial charge in [0.15, 0.2) is 0 Å². The Morgan fingerprint density at radius 1 is 1.35 bits per heavy atom. The lowest BCUT2D eigenvalue weighted by Gasteiger charge is -2.02. The van der Waals surface area contributed by atoms with Crippen molar-refractivity contribution < 1.29 is 14.5 Å². The van der Waals surface area contributed by atoms with Crippen molar-refractivity contribution >= 4 is 11.7 Å². The number of benzene rings is 1. The fourth-order valence-electron chi connectivity index (χ4n) is 1.22. The summed E-state index contributed by atoms with van der Waals surface area (Å²) in [7, 11) is 0. The number of ether oxygens (including phenoxy) is 1. The van der Waals surface area contributed by atoms with Crippen LogP contribution in [0.2, 0.25) is 0 Å². The van der Waals surface area contributed by atoms with Gasteiger partial charge in [0.25, 0.3) is 0 Å². The molecule has 0 aliphatic heterocycles. The number of nitro benzene ring substituents is 1. The number of carbonyl (C=O) groups excluding carboxylic acids is 1. The van der Waals surface area contributed by atoms with Gasteiger partial charge in [-0.05, 0) is 12.1 Å². The molecular formula is C10H7N3O4. The lowest BCUT2D eigenvalue weighted by Crippen LogP contribution is -2.10. The van der Waals surface area contributed by atoms with Crippen LogP contribution in [0.5, 0.6) is 5.75 Å². The minimum absolute atomic E-state index is 0.0999. The Labute approximate surface area is 95.2 Å². The van der Waals surface area contributed by atoms with Gasteiger partial charge in [-0.3, -0.25) is 15.2 Å². The molecule has 7 heteroatoms. The van der Waals surface area contributed by atoms with Gasteiger partial charge >= 0.3 is 11.7 Å². The number of aromatic nitrogens is 2.